The van der Waals surface area contributed by atoms with Crippen molar-refractivity contribution in [2.24, 2.45) is 0 Å². The van der Waals surface area contributed by atoms with E-state index >= 15 is 0 Å². The Morgan fingerprint density at radius 3 is 2.38 bits per heavy atom. The van der Waals surface area contributed by atoms with Gasteiger partial charge in [0.15, 0.2) is 11.1 Å². The van der Waals surface area contributed by atoms with E-state index in [4.69, 9.17) is 11.6 Å². The number of sulfone groups is 1. The first-order valence-electron chi connectivity index (χ1n) is 7.64. The van der Waals surface area contributed by atoms with Crippen LogP contribution >= 0.6 is 11.6 Å². The van der Waals surface area contributed by atoms with Crippen LogP contribution in [0.5, 0.6) is 0 Å². The van der Waals surface area contributed by atoms with Gasteiger partial charge in [-0.1, -0.05) is 41.9 Å². The zero-order chi connectivity index (χ0) is 18.7. The van der Waals surface area contributed by atoms with Crippen LogP contribution in [-0.4, -0.2) is 30.1 Å². The van der Waals surface area contributed by atoms with Crippen molar-refractivity contribution < 1.29 is 17.9 Å². The molecule has 0 saturated carbocycles. The molecule has 3 rings (SSSR count). The summed E-state index contributed by atoms with van der Waals surface area (Å²) in [6.45, 7) is 1.16. The maximum absolute atomic E-state index is 12.2. The lowest BCUT2D eigenvalue weighted by Crippen LogP contribution is -2.12. The van der Waals surface area contributed by atoms with Crippen LogP contribution in [0, 0.1) is 0 Å². The number of esters is 1. The van der Waals surface area contributed by atoms with Crippen LogP contribution in [0.4, 0.5) is 0 Å². The van der Waals surface area contributed by atoms with Crippen molar-refractivity contribution in [2.45, 2.75) is 11.8 Å². The minimum absolute atomic E-state index is 0.0689. The Bertz CT molecular complexity index is 1030. The van der Waals surface area contributed by atoms with E-state index in [2.05, 4.69) is 9.84 Å². The summed E-state index contributed by atoms with van der Waals surface area (Å²) in [6, 6.07) is 17.4. The van der Waals surface area contributed by atoms with Crippen LogP contribution in [-0.2, 0) is 19.4 Å². The summed E-state index contributed by atoms with van der Waals surface area (Å²) in [6.07, 6.45) is 0. The normalized spacial score (nSPS) is 11.3. The van der Waals surface area contributed by atoms with Gasteiger partial charge in [0.1, 0.15) is 0 Å². The molecular weight excluding hydrogens is 376 g/mol. The maximum Gasteiger partial charge on any atom is 0.303 e. The molecule has 0 bridgehead atoms. The Kier molecular flexibility index (Phi) is 5.11. The highest BCUT2D eigenvalue weighted by Gasteiger charge is 2.17. The third-order valence-electron chi connectivity index (χ3n) is 3.61. The van der Waals surface area contributed by atoms with Crippen molar-refractivity contribution in [2.75, 3.05) is 5.94 Å². The summed E-state index contributed by atoms with van der Waals surface area (Å²) in [7, 11) is -3.70. The molecule has 134 valence electrons. The molecule has 0 unspecified atom stereocenters. The van der Waals surface area contributed by atoms with Crippen molar-refractivity contribution >= 4 is 27.4 Å². The average Bonchev–Trinajstić information content (AvgIpc) is 3.03. The van der Waals surface area contributed by atoms with Crippen molar-refractivity contribution in [1.82, 2.24) is 9.78 Å². The van der Waals surface area contributed by atoms with E-state index in [9.17, 15) is 13.2 Å². The highest BCUT2D eigenvalue weighted by Crippen LogP contribution is 2.27. The fourth-order valence-corrected chi connectivity index (χ4v) is 3.57. The van der Waals surface area contributed by atoms with Crippen molar-refractivity contribution in [3.05, 3.63) is 65.8 Å². The number of hydrogen-bond acceptors (Lipinski definition) is 5. The van der Waals surface area contributed by atoms with Gasteiger partial charge in [0.05, 0.1) is 16.3 Å². The van der Waals surface area contributed by atoms with Crippen LogP contribution in [0.25, 0.3) is 16.9 Å². The molecule has 0 fully saturated rings. The lowest BCUT2D eigenvalue weighted by atomic mass is 10.1. The molecule has 0 N–H and O–H groups in total. The van der Waals surface area contributed by atoms with Gasteiger partial charge in [-0.3, -0.25) is 4.79 Å². The highest BCUT2D eigenvalue weighted by molar-refractivity contribution is 7.91. The van der Waals surface area contributed by atoms with Crippen LogP contribution in [0.15, 0.2) is 65.6 Å². The molecule has 0 aliphatic rings. The van der Waals surface area contributed by atoms with Crippen LogP contribution in [0.1, 0.15) is 6.92 Å². The van der Waals surface area contributed by atoms with E-state index in [0.717, 1.165) is 23.9 Å². The summed E-state index contributed by atoms with van der Waals surface area (Å²) >= 11 is 6.06. The van der Waals surface area contributed by atoms with Crippen LogP contribution < -0.4 is 0 Å². The van der Waals surface area contributed by atoms with Gasteiger partial charge >= 0.3 is 5.97 Å². The highest BCUT2D eigenvalue weighted by atomic mass is 35.5. The number of benzene rings is 2. The molecule has 0 spiro atoms. The van der Waals surface area contributed by atoms with Gasteiger partial charge in [-0.25, -0.2) is 13.1 Å². The zero-order valence-corrected chi connectivity index (χ0v) is 15.4. The monoisotopic (exact) mass is 390 g/mol. The molecule has 1 heterocycles. The zero-order valence-electron chi connectivity index (χ0n) is 13.8. The average molecular weight is 391 g/mol. The third-order valence-corrected chi connectivity index (χ3v) is 5.21. The molecule has 0 aliphatic heterocycles. The minimum Gasteiger partial charge on any atom is -0.449 e. The van der Waals surface area contributed by atoms with Gasteiger partial charge < -0.3 is 4.74 Å². The molecule has 1 aromatic heterocycles. The third kappa shape index (κ3) is 3.95. The number of carbonyl (C=O) groups excluding carboxylic acids is 1. The lowest BCUT2D eigenvalue weighted by molar-refractivity contribution is -0.138. The topological polar surface area (TPSA) is 78.3 Å². The molecule has 3 aromatic rings. The Labute approximate surface area is 155 Å². The number of para-hydroxylation sites is 1. The van der Waals surface area contributed by atoms with Crippen molar-refractivity contribution in [1.29, 1.82) is 0 Å². The minimum atomic E-state index is -3.70. The Morgan fingerprint density at radius 1 is 1.12 bits per heavy atom. The second-order valence-electron chi connectivity index (χ2n) is 5.49. The first kappa shape index (κ1) is 18.2. The predicted octanol–water partition coefficient (Wildman–Crippen LogP) is 3.49. The Balaban J connectivity index is 1.94. The van der Waals surface area contributed by atoms with E-state index in [-0.39, 0.29) is 4.90 Å². The van der Waals surface area contributed by atoms with Crippen molar-refractivity contribution in [3.63, 3.8) is 0 Å². The van der Waals surface area contributed by atoms with E-state index in [1.54, 1.807) is 22.9 Å². The largest absolute Gasteiger partial charge is 0.449 e. The van der Waals surface area contributed by atoms with Crippen LogP contribution in [0.2, 0.25) is 5.15 Å². The molecule has 6 nitrogen and oxygen atoms in total. The molecule has 0 radical (unpaired) electrons. The fraction of sp³-hybridized carbons (Fsp3) is 0.111. The second kappa shape index (κ2) is 7.31. The van der Waals surface area contributed by atoms with E-state index in [1.807, 2.05) is 30.3 Å². The van der Waals surface area contributed by atoms with E-state index in [0.29, 0.717) is 5.15 Å². The van der Waals surface area contributed by atoms with Crippen LogP contribution in [0.3, 0.4) is 0 Å². The standard InChI is InChI=1S/C18H15ClN2O4S/c1-13(22)25-12-26(23,24)16-9-7-14(8-10-16)17-11-18(19)20-21(17)15-5-3-2-4-6-15/h2-11H,12H2,1H3. The summed E-state index contributed by atoms with van der Waals surface area (Å²) in [4.78, 5) is 10.9. The summed E-state index contributed by atoms with van der Waals surface area (Å²) < 4.78 is 30.6. The van der Waals surface area contributed by atoms with Gasteiger partial charge in [-0.05, 0) is 24.3 Å². The quantitative estimate of drug-likeness (QED) is 0.623. The number of carbonyl (C=O) groups is 1. The van der Waals surface area contributed by atoms with Gasteiger partial charge in [0.25, 0.3) is 0 Å². The van der Waals surface area contributed by atoms with Gasteiger partial charge in [0.2, 0.25) is 9.84 Å². The first-order chi connectivity index (χ1) is 12.4. The summed E-state index contributed by atoms with van der Waals surface area (Å²) in [5.74, 6) is -1.33. The number of hydrogen-bond donors (Lipinski definition) is 0. The number of nitrogens with zero attached hydrogens (tertiary/aromatic N) is 2. The molecule has 0 atom stereocenters. The molecular formula is C18H15ClN2O4S. The predicted molar refractivity (Wildman–Crippen MR) is 97.8 cm³/mol. The molecule has 0 amide bonds. The van der Waals surface area contributed by atoms with E-state index in [1.165, 1.54) is 12.1 Å². The van der Waals surface area contributed by atoms with Crippen molar-refractivity contribution in [3.8, 4) is 16.9 Å². The summed E-state index contributed by atoms with van der Waals surface area (Å²) in [5.41, 5.74) is 2.31. The van der Waals surface area contributed by atoms with Gasteiger partial charge in [0, 0.05) is 18.6 Å². The number of rotatable bonds is 5. The SMILES string of the molecule is CC(=O)OCS(=O)(=O)c1ccc(-c2cc(Cl)nn2-c2ccccc2)cc1. The van der Waals surface area contributed by atoms with E-state index < -0.39 is 21.7 Å². The Morgan fingerprint density at radius 2 is 1.77 bits per heavy atom. The first-order valence-corrected chi connectivity index (χ1v) is 9.67. The Hall–Kier alpha value is -2.64. The number of halogens is 1. The van der Waals surface area contributed by atoms with Gasteiger partial charge in [-0.15, -0.1) is 0 Å². The molecule has 8 heteroatoms. The molecule has 0 aliphatic carbocycles. The smallest absolute Gasteiger partial charge is 0.303 e. The number of aromatic nitrogens is 2. The number of ether oxygens (including phenoxy) is 1. The molecule has 2 aromatic carbocycles. The molecule has 26 heavy (non-hydrogen) atoms. The lowest BCUT2D eigenvalue weighted by Gasteiger charge is -2.09. The maximum atomic E-state index is 12.2. The second-order valence-corrected chi connectivity index (χ2v) is 7.82. The van der Waals surface area contributed by atoms with Gasteiger partial charge in [-0.2, -0.15) is 5.10 Å². The fourth-order valence-electron chi connectivity index (χ4n) is 2.39. The molecule has 0 saturated heterocycles. The summed E-state index contributed by atoms with van der Waals surface area (Å²) in [5, 5.41) is 4.61.